The van der Waals surface area contributed by atoms with Crippen molar-refractivity contribution in [3.05, 3.63) is 52.0 Å². The zero-order chi connectivity index (χ0) is 13.5. The zero-order valence-electron chi connectivity index (χ0n) is 11.1. The van der Waals surface area contributed by atoms with Crippen LogP contribution in [0.5, 0.6) is 0 Å². The van der Waals surface area contributed by atoms with Gasteiger partial charge in [-0.15, -0.1) is 11.3 Å². The van der Waals surface area contributed by atoms with Crippen molar-refractivity contribution in [2.75, 3.05) is 6.54 Å². The number of nitrogens with one attached hydrogen (secondary N) is 1. The zero-order valence-corrected chi connectivity index (χ0v) is 11.9. The summed E-state index contributed by atoms with van der Waals surface area (Å²) < 4.78 is 0. The van der Waals surface area contributed by atoms with Crippen LogP contribution in [0.15, 0.2) is 35.8 Å². The fraction of sp³-hybridized carbons (Fsp3) is 0.333. The Balaban J connectivity index is 1.66. The minimum Gasteiger partial charge on any atom is -0.356 e. The Hall–Kier alpha value is -1.68. The van der Waals surface area contributed by atoms with Gasteiger partial charge in [0.15, 0.2) is 0 Å². The van der Waals surface area contributed by atoms with Gasteiger partial charge in [0.25, 0.3) is 0 Å². The highest BCUT2D eigenvalue weighted by Gasteiger charge is 2.07. The number of thiazole rings is 1. The van der Waals surface area contributed by atoms with Crippen LogP contribution in [0.25, 0.3) is 0 Å². The Morgan fingerprint density at radius 1 is 1.32 bits per heavy atom. The molecule has 4 heteroatoms. The van der Waals surface area contributed by atoms with Gasteiger partial charge >= 0.3 is 0 Å². The molecule has 0 spiro atoms. The van der Waals surface area contributed by atoms with Crippen molar-refractivity contribution < 1.29 is 4.79 Å². The number of hydrogen-bond donors (Lipinski definition) is 1. The van der Waals surface area contributed by atoms with E-state index >= 15 is 0 Å². The molecular weight excluding hydrogens is 256 g/mol. The smallest absolute Gasteiger partial charge is 0.225 e. The van der Waals surface area contributed by atoms with Gasteiger partial charge in [-0.2, -0.15) is 0 Å². The Morgan fingerprint density at radius 3 is 2.79 bits per heavy atom. The quantitative estimate of drug-likeness (QED) is 0.823. The van der Waals surface area contributed by atoms with Crippen LogP contribution in [-0.2, 0) is 17.6 Å². The molecule has 0 atom stereocenters. The number of aromatic nitrogens is 1. The van der Waals surface area contributed by atoms with Crippen LogP contribution in [0.1, 0.15) is 22.6 Å². The van der Waals surface area contributed by atoms with Crippen LogP contribution in [0.4, 0.5) is 0 Å². The van der Waals surface area contributed by atoms with Gasteiger partial charge in [0.1, 0.15) is 0 Å². The number of aryl methyl sites for hydroxylation is 2. The normalized spacial score (nSPS) is 10.4. The van der Waals surface area contributed by atoms with E-state index in [4.69, 9.17) is 0 Å². The van der Waals surface area contributed by atoms with E-state index in [1.165, 1.54) is 5.56 Å². The summed E-state index contributed by atoms with van der Waals surface area (Å²) in [5.41, 5.74) is 4.06. The highest BCUT2D eigenvalue weighted by atomic mass is 32.1. The van der Waals surface area contributed by atoms with E-state index in [9.17, 15) is 4.79 Å². The first-order valence-corrected chi connectivity index (χ1v) is 7.33. The molecule has 0 bridgehead atoms. The maximum Gasteiger partial charge on any atom is 0.225 e. The van der Waals surface area contributed by atoms with E-state index in [1.807, 2.05) is 25.1 Å². The second-order valence-corrected chi connectivity index (χ2v) is 5.42. The van der Waals surface area contributed by atoms with E-state index < -0.39 is 0 Å². The fourth-order valence-electron chi connectivity index (χ4n) is 1.87. The standard InChI is InChI=1S/C15H18N2OS/c1-12-14(19-11-17-12)10-15(18)16-9-5-8-13-6-3-2-4-7-13/h2-4,6-7,11H,5,8-10H2,1H3,(H,16,18). The first-order valence-electron chi connectivity index (χ1n) is 6.45. The molecule has 0 unspecified atom stereocenters. The Morgan fingerprint density at radius 2 is 2.11 bits per heavy atom. The summed E-state index contributed by atoms with van der Waals surface area (Å²) in [6.07, 6.45) is 2.42. The number of hydrogen-bond acceptors (Lipinski definition) is 3. The third kappa shape index (κ3) is 4.48. The number of rotatable bonds is 6. The lowest BCUT2D eigenvalue weighted by Crippen LogP contribution is -2.26. The number of benzene rings is 1. The molecule has 0 saturated heterocycles. The second-order valence-electron chi connectivity index (χ2n) is 4.48. The van der Waals surface area contributed by atoms with Crippen LogP contribution < -0.4 is 5.32 Å². The van der Waals surface area contributed by atoms with Crippen LogP contribution >= 0.6 is 11.3 Å². The molecule has 1 aromatic heterocycles. The van der Waals surface area contributed by atoms with Gasteiger partial charge in [0.2, 0.25) is 5.91 Å². The van der Waals surface area contributed by atoms with Gasteiger partial charge < -0.3 is 5.32 Å². The molecule has 3 nitrogen and oxygen atoms in total. The molecular formula is C15H18N2OS. The largest absolute Gasteiger partial charge is 0.356 e. The summed E-state index contributed by atoms with van der Waals surface area (Å²) in [6, 6.07) is 10.3. The van der Waals surface area contributed by atoms with Gasteiger partial charge in [-0.1, -0.05) is 30.3 Å². The van der Waals surface area contributed by atoms with Crippen molar-refractivity contribution in [3.8, 4) is 0 Å². The number of amides is 1. The summed E-state index contributed by atoms with van der Waals surface area (Å²) in [6.45, 7) is 2.67. The van der Waals surface area contributed by atoms with Gasteiger partial charge in [0, 0.05) is 11.4 Å². The van der Waals surface area contributed by atoms with Gasteiger partial charge in [-0.05, 0) is 25.3 Å². The van der Waals surface area contributed by atoms with Crippen LogP contribution in [0, 0.1) is 6.92 Å². The lowest BCUT2D eigenvalue weighted by atomic mass is 10.1. The Labute approximate surface area is 117 Å². The second kappa shape index (κ2) is 7.04. The molecule has 2 aromatic rings. The molecule has 1 amide bonds. The molecule has 0 aliphatic heterocycles. The molecule has 0 saturated carbocycles. The average molecular weight is 274 g/mol. The number of carbonyl (C=O) groups is 1. The summed E-state index contributed by atoms with van der Waals surface area (Å²) >= 11 is 1.54. The Bertz CT molecular complexity index is 522. The van der Waals surface area contributed by atoms with Crippen molar-refractivity contribution >= 4 is 17.2 Å². The van der Waals surface area contributed by atoms with Crippen LogP contribution in [0.2, 0.25) is 0 Å². The van der Waals surface area contributed by atoms with Crippen LogP contribution in [0.3, 0.4) is 0 Å². The van der Waals surface area contributed by atoms with Crippen LogP contribution in [-0.4, -0.2) is 17.4 Å². The molecule has 1 N–H and O–H groups in total. The molecule has 100 valence electrons. The summed E-state index contributed by atoms with van der Waals surface area (Å²) in [7, 11) is 0. The maximum atomic E-state index is 11.7. The molecule has 19 heavy (non-hydrogen) atoms. The van der Waals surface area contributed by atoms with E-state index in [0.29, 0.717) is 6.42 Å². The molecule has 0 fully saturated rings. The molecule has 2 rings (SSSR count). The molecule has 1 aromatic carbocycles. The highest BCUT2D eigenvalue weighted by Crippen LogP contribution is 2.12. The lowest BCUT2D eigenvalue weighted by Gasteiger charge is -2.05. The molecule has 0 aliphatic carbocycles. The van der Waals surface area contributed by atoms with Gasteiger partial charge in [0.05, 0.1) is 17.6 Å². The average Bonchev–Trinajstić information content (AvgIpc) is 2.82. The van der Waals surface area contributed by atoms with E-state index in [0.717, 1.165) is 30.0 Å². The SMILES string of the molecule is Cc1ncsc1CC(=O)NCCCc1ccccc1. The maximum absolute atomic E-state index is 11.7. The highest BCUT2D eigenvalue weighted by molar-refractivity contribution is 7.09. The van der Waals surface area contributed by atoms with Crippen molar-refractivity contribution in [2.45, 2.75) is 26.2 Å². The Kier molecular flexibility index (Phi) is 5.10. The predicted octanol–water partition coefficient (Wildman–Crippen LogP) is 2.74. The van der Waals surface area contributed by atoms with Gasteiger partial charge in [-0.3, -0.25) is 4.79 Å². The first-order chi connectivity index (χ1) is 9.25. The third-order valence-corrected chi connectivity index (χ3v) is 3.91. The number of nitrogens with zero attached hydrogens (tertiary/aromatic N) is 1. The molecule has 0 radical (unpaired) electrons. The van der Waals surface area contributed by atoms with Crippen molar-refractivity contribution in [3.63, 3.8) is 0 Å². The topological polar surface area (TPSA) is 42.0 Å². The first kappa shape index (κ1) is 13.7. The lowest BCUT2D eigenvalue weighted by molar-refractivity contribution is -0.120. The van der Waals surface area contributed by atoms with Crippen molar-refractivity contribution in [1.29, 1.82) is 0 Å². The minimum absolute atomic E-state index is 0.0837. The predicted molar refractivity (Wildman–Crippen MR) is 78.3 cm³/mol. The third-order valence-electron chi connectivity index (χ3n) is 2.97. The van der Waals surface area contributed by atoms with Crippen molar-refractivity contribution in [2.24, 2.45) is 0 Å². The summed E-state index contributed by atoms with van der Waals surface area (Å²) in [4.78, 5) is 16.9. The molecule has 0 aliphatic rings. The van der Waals surface area contributed by atoms with E-state index in [1.54, 1.807) is 16.8 Å². The van der Waals surface area contributed by atoms with E-state index in [-0.39, 0.29) is 5.91 Å². The summed E-state index contributed by atoms with van der Waals surface area (Å²) in [5, 5.41) is 2.96. The monoisotopic (exact) mass is 274 g/mol. The van der Waals surface area contributed by atoms with E-state index in [2.05, 4.69) is 22.4 Å². The number of carbonyl (C=O) groups excluding carboxylic acids is 1. The minimum atomic E-state index is 0.0837. The molecule has 1 heterocycles. The summed E-state index contributed by atoms with van der Waals surface area (Å²) in [5.74, 6) is 0.0837. The van der Waals surface area contributed by atoms with Gasteiger partial charge in [-0.25, -0.2) is 4.98 Å². The fourth-order valence-corrected chi connectivity index (χ4v) is 2.64. The van der Waals surface area contributed by atoms with Crippen molar-refractivity contribution in [1.82, 2.24) is 10.3 Å².